The standard InChI is InChI=1S/C15H24N2O2/c1-10-9-11(19-6)7-8-12(10)17-13(18)14(2,3)15(4,5)16/h7-9H,16H2,1-6H3,(H,17,18). The number of hydrogen-bond donors (Lipinski definition) is 2. The zero-order chi connectivity index (χ0) is 14.8. The van der Waals surface area contributed by atoms with E-state index in [1.165, 1.54) is 0 Å². The third-order valence-electron chi connectivity index (χ3n) is 3.86. The third kappa shape index (κ3) is 3.26. The second-order valence-corrected chi connectivity index (χ2v) is 5.98. The van der Waals surface area contributed by atoms with E-state index in [9.17, 15) is 4.79 Å². The summed E-state index contributed by atoms with van der Waals surface area (Å²) < 4.78 is 5.14. The van der Waals surface area contributed by atoms with Crippen LogP contribution < -0.4 is 15.8 Å². The fraction of sp³-hybridized carbons (Fsp3) is 0.533. The lowest BCUT2D eigenvalue weighted by molar-refractivity contribution is -0.126. The fourth-order valence-corrected chi connectivity index (χ4v) is 1.47. The van der Waals surface area contributed by atoms with Gasteiger partial charge in [-0.25, -0.2) is 0 Å². The van der Waals surface area contributed by atoms with E-state index in [0.717, 1.165) is 17.0 Å². The Balaban J connectivity index is 2.95. The highest BCUT2D eigenvalue weighted by atomic mass is 16.5. The van der Waals surface area contributed by atoms with Crippen LogP contribution in [0.1, 0.15) is 33.3 Å². The van der Waals surface area contributed by atoms with E-state index in [1.807, 2.05) is 52.8 Å². The number of ether oxygens (including phenoxy) is 1. The second-order valence-electron chi connectivity index (χ2n) is 5.98. The van der Waals surface area contributed by atoms with E-state index in [0.29, 0.717) is 0 Å². The average molecular weight is 264 g/mol. The molecule has 1 aromatic rings. The Bertz CT molecular complexity index is 474. The molecular formula is C15H24N2O2. The predicted molar refractivity (Wildman–Crippen MR) is 78.4 cm³/mol. The van der Waals surface area contributed by atoms with Crippen LogP contribution in [0.2, 0.25) is 0 Å². The summed E-state index contributed by atoms with van der Waals surface area (Å²) in [4.78, 5) is 12.4. The first-order chi connectivity index (χ1) is 8.59. The number of benzene rings is 1. The zero-order valence-electron chi connectivity index (χ0n) is 12.6. The highest BCUT2D eigenvalue weighted by Crippen LogP contribution is 2.31. The van der Waals surface area contributed by atoms with Crippen molar-refractivity contribution in [3.8, 4) is 5.75 Å². The minimum Gasteiger partial charge on any atom is -0.497 e. The summed E-state index contributed by atoms with van der Waals surface area (Å²) in [5.41, 5.74) is 6.54. The van der Waals surface area contributed by atoms with Crippen molar-refractivity contribution in [1.82, 2.24) is 0 Å². The number of anilines is 1. The van der Waals surface area contributed by atoms with Crippen molar-refractivity contribution >= 4 is 11.6 Å². The summed E-state index contributed by atoms with van der Waals surface area (Å²) in [7, 11) is 1.62. The number of amides is 1. The van der Waals surface area contributed by atoms with E-state index in [-0.39, 0.29) is 5.91 Å². The van der Waals surface area contributed by atoms with Crippen LogP contribution in [0.3, 0.4) is 0 Å². The Morgan fingerprint density at radius 1 is 1.26 bits per heavy atom. The summed E-state index contributed by atoms with van der Waals surface area (Å²) in [5, 5.41) is 2.93. The van der Waals surface area contributed by atoms with Crippen molar-refractivity contribution in [2.45, 2.75) is 40.2 Å². The fourth-order valence-electron chi connectivity index (χ4n) is 1.47. The van der Waals surface area contributed by atoms with Gasteiger partial charge in [0.1, 0.15) is 5.75 Å². The Kier molecular flexibility index (Phi) is 4.25. The van der Waals surface area contributed by atoms with Crippen molar-refractivity contribution in [2.24, 2.45) is 11.1 Å². The van der Waals surface area contributed by atoms with Crippen LogP contribution >= 0.6 is 0 Å². The van der Waals surface area contributed by atoms with Gasteiger partial charge in [-0.2, -0.15) is 0 Å². The monoisotopic (exact) mass is 264 g/mol. The zero-order valence-corrected chi connectivity index (χ0v) is 12.6. The first-order valence-corrected chi connectivity index (χ1v) is 6.34. The molecule has 0 saturated heterocycles. The van der Waals surface area contributed by atoms with Crippen molar-refractivity contribution in [3.05, 3.63) is 23.8 Å². The molecule has 0 saturated carbocycles. The first kappa shape index (κ1) is 15.5. The highest BCUT2D eigenvalue weighted by molar-refractivity contribution is 5.96. The molecule has 0 bridgehead atoms. The molecule has 0 aliphatic carbocycles. The van der Waals surface area contributed by atoms with E-state index in [4.69, 9.17) is 10.5 Å². The van der Waals surface area contributed by atoms with Crippen molar-refractivity contribution < 1.29 is 9.53 Å². The predicted octanol–water partition coefficient (Wildman–Crippen LogP) is 2.71. The van der Waals surface area contributed by atoms with E-state index < -0.39 is 11.0 Å². The van der Waals surface area contributed by atoms with Crippen LogP contribution in [0.5, 0.6) is 5.75 Å². The van der Waals surface area contributed by atoms with Crippen LogP contribution in [0.25, 0.3) is 0 Å². The molecule has 0 aliphatic rings. The lowest BCUT2D eigenvalue weighted by Crippen LogP contribution is -2.53. The van der Waals surface area contributed by atoms with Gasteiger partial charge in [-0.05, 0) is 58.4 Å². The molecule has 1 amide bonds. The largest absolute Gasteiger partial charge is 0.497 e. The van der Waals surface area contributed by atoms with E-state index in [2.05, 4.69) is 5.32 Å². The van der Waals surface area contributed by atoms with Gasteiger partial charge in [-0.15, -0.1) is 0 Å². The molecule has 0 aliphatic heterocycles. The van der Waals surface area contributed by atoms with Crippen LogP contribution in [0.15, 0.2) is 18.2 Å². The Morgan fingerprint density at radius 2 is 1.84 bits per heavy atom. The van der Waals surface area contributed by atoms with E-state index in [1.54, 1.807) is 7.11 Å². The van der Waals surface area contributed by atoms with Gasteiger partial charge in [0, 0.05) is 11.2 Å². The molecule has 1 rings (SSSR count). The maximum atomic E-state index is 12.4. The average Bonchev–Trinajstić information content (AvgIpc) is 2.30. The Hall–Kier alpha value is -1.55. The number of carbonyl (C=O) groups excluding carboxylic acids is 1. The summed E-state index contributed by atoms with van der Waals surface area (Å²) >= 11 is 0. The molecule has 1 aromatic carbocycles. The molecule has 0 fully saturated rings. The lowest BCUT2D eigenvalue weighted by atomic mass is 9.74. The summed E-state index contributed by atoms with van der Waals surface area (Å²) in [6.45, 7) is 9.34. The van der Waals surface area contributed by atoms with Crippen LogP contribution in [0.4, 0.5) is 5.69 Å². The van der Waals surface area contributed by atoms with Gasteiger partial charge < -0.3 is 15.8 Å². The van der Waals surface area contributed by atoms with Gasteiger partial charge >= 0.3 is 0 Å². The van der Waals surface area contributed by atoms with Crippen molar-refractivity contribution in [3.63, 3.8) is 0 Å². The minimum atomic E-state index is -0.667. The van der Waals surface area contributed by atoms with Gasteiger partial charge in [0.05, 0.1) is 12.5 Å². The third-order valence-corrected chi connectivity index (χ3v) is 3.86. The number of rotatable bonds is 4. The smallest absolute Gasteiger partial charge is 0.231 e. The van der Waals surface area contributed by atoms with E-state index >= 15 is 0 Å². The summed E-state index contributed by atoms with van der Waals surface area (Å²) in [6.07, 6.45) is 0. The number of nitrogens with two attached hydrogens (primary N) is 1. The molecule has 106 valence electrons. The molecule has 19 heavy (non-hydrogen) atoms. The number of carbonyl (C=O) groups is 1. The molecule has 4 nitrogen and oxygen atoms in total. The summed E-state index contributed by atoms with van der Waals surface area (Å²) in [5.74, 6) is 0.683. The molecule has 0 aromatic heterocycles. The van der Waals surface area contributed by atoms with Gasteiger partial charge in [0.25, 0.3) is 0 Å². The van der Waals surface area contributed by atoms with Crippen LogP contribution in [-0.4, -0.2) is 18.6 Å². The number of nitrogens with one attached hydrogen (secondary N) is 1. The highest BCUT2D eigenvalue weighted by Gasteiger charge is 2.40. The van der Waals surface area contributed by atoms with Crippen molar-refractivity contribution in [1.29, 1.82) is 0 Å². The quantitative estimate of drug-likeness (QED) is 0.878. The molecule has 0 spiro atoms. The molecular weight excluding hydrogens is 240 g/mol. The summed E-state index contributed by atoms with van der Waals surface area (Å²) in [6, 6.07) is 5.55. The van der Waals surface area contributed by atoms with Gasteiger partial charge in [0.2, 0.25) is 5.91 Å². The molecule has 0 radical (unpaired) electrons. The number of methoxy groups -OCH3 is 1. The SMILES string of the molecule is COc1ccc(NC(=O)C(C)(C)C(C)(C)N)c(C)c1. The number of aryl methyl sites for hydroxylation is 1. The Labute approximate surface area is 115 Å². The topological polar surface area (TPSA) is 64.3 Å². The molecule has 0 heterocycles. The van der Waals surface area contributed by atoms with Gasteiger partial charge in [-0.3, -0.25) is 4.79 Å². The van der Waals surface area contributed by atoms with Crippen molar-refractivity contribution in [2.75, 3.05) is 12.4 Å². The lowest BCUT2D eigenvalue weighted by Gasteiger charge is -2.37. The minimum absolute atomic E-state index is 0.0896. The molecule has 0 atom stereocenters. The van der Waals surface area contributed by atoms with Gasteiger partial charge in [-0.1, -0.05) is 0 Å². The van der Waals surface area contributed by atoms with Crippen LogP contribution in [0, 0.1) is 12.3 Å². The molecule has 4 heteroatoms. The Morgan fingerprint density at radius 3 is 2.26 bits per heavy atom. The molecule has 0 unspecified atom stereocenters. The maximum absolute atomic E-state index is 12.4. The normalized spacial score (nSPS) is 12.2. The first-order valence-electron chi connectivity index (χ1n) is 6.34. The second kappa shape index (κ2) is 5.21. The number of hydrogen-bond acceptors (Lipinski definition) is 3. The van der Waals surface area contributed by atoms with Crippen LogP contribution in [-0.2, 0) is 4.79 Å². The molecule has 3 N–H and O–H groups in total. The maximum Gasteiger partial charge on any atom is 0.231 e. The van der Waals surface area contributed by atoms with Gasteiger partial charge in [0.15, 0.2) is 0 Å².